The average molecular weight is 228 g/mol. The molecule has 0 saturated carbocycles. The SMILES string of the molecule is CCCCCCCCC(=O)NCCC(C)N. The molecule has 0 aromatic heterocycles. The van der Waals surface area contributed by atoms with Crippen molar-refractivity contribution < 1.29 is 4.79 Å². The van der Waals surface area contributed by atoms with Gasteiger partial charge in [0.05, 0.1) is 0 Å². The molecule has 0 aromatic rings. The first-order valence-corrected chi connectivity index (χ1v) is 6.69. The molecular formula is C13H28N2O. The summed E-state index contributed by atoms with van der Waals surface area (Å²) in [6.07, 6.45) is 8.91. The summed E-state index contributed by atoms with van der Waals surface area (Å²) in [6, 6.07) is 0.175. The number of rotatable bonds is 10. The lowest BCUT2D eigenvalue weighted by atomic mass is 10.1. The van der Waals surface area contributed by atoms with Crippen molar-refractivity contribution in [2.24, 2.45) is 5.73 Å². The first-order valence-electron chi connectivity index (χ1n) is 6.69. The Bertz CT molecular complexity index is 169. The molecule has 3 nitrogen and oxygen atoms in total. The molecule has 0 aliphatic rings. The maximum absolute atomic E-state index is 11.4. The molecule has 3 heteroatoms. The van der Waals surface area contributed by atoms with E-state index in [0.29, 0.717) is 13.0 Å². The van der Waals surface area contributed by atoms with Crippen LogP contribution in [0.1, 0.15) is 65.2 Å². The molecule has 0 radical (unpaired) electrons. The van der Waals surface area contributed by atoms with E-state index >= 15 is 0 Å². The van der Waals surface area contributed by atoms with Gasteiger partial charge in [0.2, 0.25) is 5.91 Å². The van der Waals surface area contributed by atoms with Crippen LogP contribution in [0, 0.1) is 0 Å². The summed E-state index contributed by atoms with van der Waals surface area (Å²) in [5.41, 5.74) is 5.60. The van der Waals surface area contributed by atoms with Crippen LogP contribution in [0.15, 0.2) is 0 Å². The molecule has 0 fully saturated rings. The number of hydrogen-bond donors (Lipinski definition) is 2. The van der Waals surface area contributed by atoms with Gasteiger partial charge in [-0.3, -0.25) is 4.79 Å². The number of nitrogens with one attached hydrogen (secondary N) is 1. The van der Waals surface area contributed by atoms with Gasteiger partial charge in [0.1, 0.15) is 0 Å². The molecule has 0 rings (SSSR count). The van der Waals surface area contributed by atoms with E-state index in [9.17, 15) is 4.79 Å². The Morgan fingerprint density at radius 2 is 1.81 bits per heavy atom. The van der Waals surface area contributed by atoms with E-state index in [1.54, 1.807) is 0 Å². The van der Waals surface area contributed by atoms with E-state index in [1.807, 2.05) is 6.92 Å². The zero-order chi connectivity index (χ0) is 12.2. The summed E-state index contributed by atoms with van der Waals surface area (Å²) in [6.45, 7) is 4.89. The molecule has 16 heavy (non-hydrogen) atoms. The summed E-state index contributed by atoms with van der Waals surface area (Å²) in [5, 5.41) is 2.90. The fraction of sp³-hybridized carbons (Fsp3) is 0.923. The van der Waals surface area contributed by atoms with Crippen LogP contribution >= 0.6 is 0 Å². The quantitative estimate of drug-likeness (QED) is 0.565. The number of amides is 1. The van der Waals surface area contributed by atoms with E-state index in [2.05, 4.69) is 12.2 Å². The Morgan fingerprint density at radius 1 is 1.19 bits per heavy atom. The first-order chi connectivity index (χ1) is 7.66. The molecule has 0 bridgehead atoms. The molecule has 0 saturated heterocycles. The molecule has 0 aliphatic heterocycles. The highest BCUT2D eigenvalue weighted by molar-refractivity contribution is 5.75. The van der Waals surface area contributed by atoms with Gasteiger partial charge in [0.15, 0.2) is 0 Å². The summed E-state index contributed by atoms with van der Waals surface area (Å²) in [7, 11) is 0. The third-order valence-corrected chi connectivity index (χ3v) is 2.68. The fourth-order valence-electron chi connectivity index (χ4n) is 1.59. The van der Waals surface area contributed by atoms with Crippen LogP contribution < -0.4 is 11.1 Å². The van der Waals surface area contributed by atoms with Crippen LogP contribution in [0.3, 0.4) is 0 Å². The topological polar surface area (TPSA) is 55.1 Å². The van der Waals surface area contributed by atoms with Crippen molar-refractivity contribution in [2.45, 2.75) is 71.3 Å². The van der Waals surface area contributed by atoms with Crippen LogP contribution in [0.2, 0.25) is 0 Å². The molecule has 1 amide bonds. The largest absolute Gasteiger partial charge is 0.356 e. The molecule has 0 heterocycles. The Morgan fingerprint density at radius 3 is 2.44 bits per heavy atom. The molecule has 1 unspecified atom stereocenters. The van der Waals surface area contributed by atoms with Crippen LogP contribution in [0.5, 0.6) is 0 Å². The zero-order valence-corrected chi connectivity index (χ0v) is 10.9. The van der Waals surface area contributed by atoms with Gasteiger partial charge >= 0.3 is 0 Å². The van der Waals surface area contributed by atoms with Gasteiger partial charge in [-0.15, -0.1) is 0 Å². The minimum Gasteiger partial charge on any atom is -0.356 e. The van der Waals surface area contributed by atoms with Crippen molar-refractivity contribution in [1.29, 1.82) is 0 Å². The van der Waals surface area contributed by atoms with Crippen LogP contribution in [-0.2, 0) is 4.79 Å². The van der Waals surface area contributed by atoms with Crippen molar-refractivity contribution in [3.63, 3.8) is 0 Å². The Balaban J connectivity index is 3.17. The molecule has 3 N–H and O–H groups in total. The molecule has 0 spiro atoms. The Kier molecular flexibility index (Phi) is 10.5. The number of hydrogen-bond acceptors (Lipinski definition) is 2. The van der Waals surface area contributed by atoms with Crippen molar-refractivity contribution >= 4 is 5.91 Å². The lowest BCUT2D eigenvalue weighted by Gasteiger charge is -2.07. The van der Waals surface area contributed by atoms with Crippen molar-refractivity contribution in [1.82, 2.24) is 5.32 Å². The third-order valence-electron chi connectivity index (χ3n) is 2.68. The predicted molar refractivity (Wildman–Crippen MR) is 69.3 cm³/mol. The second kappa shape index (κ2) is 10.9. The number of carbonyl (C=O) groups is 1. The third kappa shape index (κ3) is 11.5. The van der Waals surface area contributed by atoms with Gasteiger partial charge in [0, 0.05) is 19.0 Å². The summed E-state index contributed by atoms with van der Waals surface area (Å²) < 4.78 is 0. The number of unbranched alkanes of at least 4 members (excludes halogenated alkanes) is 5. The van der Waals surface area contributed by atoms with Gasteiger partial charge < -0.3 is 11.1 Å². The lowest BCUT2D eigenvalue weighted by molar-refractivity contribution is -0.121. The summed E-state index contributed by atoms with van der Waals surface area (Å²) in [5.74, 6) is 0.177. The summed E-state index contributed by atoms with van der Waals surface area (Å²) in [4.78, 5) is 11.4. The van der Waals surface area contributed by atoms with Crippen LogP contribution in [0.25, 0.3) is 0 Å². The maximum Gasteiger partial charge on any atom is 0.219 e. The van der Waals surface area contributed by atoms with E-state index in [-0.39, 0.29) is 11.9 Å². The normalized spacial score (nSPS) is 12.4. The summed E-state index contributed by atoms with van der Waals surface area (Å²) >= 11 is 0. The van der Waals surface area contributed by atoms with E-state index in [1.165, 1.54) is 32.1 Å². The van der Waals surface area contributed by atoms with Gasteiger partial charge in [-0.1, -0.05) is 39.0 Å². The number of nitrogens with two attached hydrogens (primary N) is 1. The van der Waals surface area contributed by atoms with Crippen LogP contribution in [0.4, 0.5) is 0 Å². The van der Waals surface area contributed by atoms with Gasteiger partial charge in [-0.25, -0.2) is 0 Å². The highest BCUT2D eigenvalue weighted by Gasteiger charge is 2.01. The maximum atomic E-state index is 11.4. The fourth-order valence-corrected chi connectivity index (χ4v) is 1.59. The lowest BCUT2D eigenvalue weighted by Crippen LogP contribution is -2.28. The average Bonchev–Trinajstić information content (AvgIpc) is 2.22. The first kappa shape index (κ1) is 15.4. The standard InChI is InChI=1S/C13H28N2O/c1-3-4-5-6-7-8-9-13(16)15-11-10-12(2)14/h12H,3-11,14H2,1-2H3,(H,15,16). The minimum absolute atomic E-state index is 0.175. The monoisotopic (exact) mass is 228 g/mol. The smallest absolute Gasteiger partial charge is 0.219 e. The predicted octanol–water partition coefficient (Wildman–Crippen LogP) is 2.59. The van der Waals surface area contributed by atoms with Crippen LogP contribution in [-0.4, -0.2) is 18.5 Å². The van der Waals surface area contributed by atoms with Gasteiger partial charge in [0.25, 0.3) is 0 Å². The Labute approximate surface area is 100 Å². The Hall–Kier alpha value is -0.570. The zero-order valence-electron chi connectivity index (χ0n) is 10.9. The second-order valence-corrected chi connectivity index (χ2v) is 4.63. The molecule has 1 atom stereocenters. The van der Waals surface area contributed by atoms with Crippen molar-refractivity contribution in [3.8, 4) is 0 Å². The van der Waals surface area contributed by atoms with Gasteiger partial charge in [-0.05, 0) is 19.8 Å². The highest BCUT2D eigenvalue weighted by atomic mass is 16.1. The number of carbonyl (C=O) groups excluding carboxylic acids is 1. The van der Waals surface area contributed by atoms with E-state index < -0.39 is 0 Å². The van der Waals surface area contributed by atoms with Crippen molar-refractivity contribution in [3.05, 3.63) is 0 Å². The van der Waals surface area contributed by atoms with E-state index in [4.69, 9.17) is 5.73 Å². The minimum atomic E-state index is 0.175. The molecule has 0 aromatic carbocycles. The highest BCUT2D eigenvalue weighted by Crippen LogP contribution is 2.06. The van der Waals surface area contributed by atoms with Crippen molar-refractivity contribution in [2.75, 3.05) is 6.54 Å². The van der Waals surface area contributed by atoms with Gasteiger partial charge in [-0.2, -0.15) is 0 Å². The molecule has 96 valence electrons. The molecular weight excluding hydrogens is 200 g/mol. The second-order valence-electron chi connectivity index (χ2n) is 4.63. The van der Waals surface area contributed by atoms with E-state index in [0.717, 1.165) is 12.8 Å². The molecule has 0 aliphatic carbocycles.